The predicted octanol–water partition coefficient (Wildman–Crippen LogP) is 3.80. The third-order valence-corrected chi connectivity index (χ3v) is 3.88. The standard InChI is InChI=1S/C14H13NOS/c1-15-14(13-7-4-8-17-13)11-9-16-12-6-3-2-5-10(11)12/h2-9,14-15H,1H3. The lowest BCUT2D eigenvalue weighted by Crippen LogP contribution is -2.15. The van der Waals surface area contributed by atoms with Gasteiger partial charge in [0.15, 0.2) is 0 Å². The van der Waals surface area contributed by atoms with Crippen LogP contribution in [0, 0.1) is 0 Å². The number of rotatable bonds is 3. The van der Waals surface area contributed by atoms with Crippen LogP contribution in [0.3, 0.4) is 0 Å². The van der Waals surface area contributed by atoms with Crippen molar-refractivity contribution in [2.24, 2.45) is 0 Å². The molecule has 3 heteroatoms. The quantitative estimate of drug-likeness (QED) is 0.757. The van der Waals surface area contributed by atoms with Crippen LogP contribution in [0.4, 0.5) is 0 Å². The summed E-state index contributed by atoms with van der Waals surface area (Å²) in [7, 11) is 1.98. The van der Waals surface area contributed by atoms with Crippen molar-refractivity contribution in [2.45, 2.75) is 6.04 Å². The van der Waals surface area contributed by atoms with Crippen LogP contribution in [0.5, 0.6) is 0 Å². The van der Waals surface area contributed by atoms with E-state index in [1.54, 1.807) is 11.3 Å². The Bertz CT molecular complexity index is 612. The van der Waals surface area contributed by atoms with Gasteiger partial charge in [0, 0.05) is 15.8 Å². The van der Waals surface area contributed by atoms with E-state index in [0.29, 0.717) is 0 Å². The summed E-state index contributed by atoms with van der Waals surface area (Å²) in [6.07, 6.45) is 1.85. The zero-order chi connectivity index (χ0) is 11.7. The van der Waals surface area contributed by atoms with Gasteiger partial charge in [0.05, 0.1) is 12.3 Å². The summed E-state index contributed by atoms with van der Waals surface area (Å²) in [4.78, 5) is 1.30. The Kier molecular flexibility index (Phi) is 2.71. The Balaban J connectivity index is 2.13. The van der Waals surface area contributed by atoms with E-state index in [9.17, 15) is 0 Å². The summed E-state index contributed by atoms with van der Waals surface area (Å²) in [5.41, 5.74) is 2.14. The molecular weight excluding hydrogens is 230 g/mol. The third kappa shape index (κ3) is 1.77. The minimum Gasteiger partial charge on any atom is -0.464 e. The van der Waals surface area contributed by atoms with Gasteiger partial charge in [0.2, 0.25) is 0 Å². The highest BCUT2D eigenvalue weighted by molar-refractivity contribution is 7.10. The van der Waals surface area contributed by atoms with Crippen LogP contribution in [0.2, 0.25) is 0 Å². The average molecular weight is 243 g/mol. The first-order chi connectivity index (χ1) is 8.40. The number of furan rings is 1. The van der Waals surface area contributed by atoms with Gasteiger partial charge in [-0.15, -0.1) is 11.3 Å². The molecule has 3 rings (SSSR count). The normalized spacial score (nSPS) is 13.0. The molecule has 0 spiro atoms. The molecule has 0 saturated heterocycles. The number of thiophene rings is 1. The Morgan fingerprint density at radius 1 is 1.18 bits per heavy atom. The average Bonchev–Trinajstić information content (AvgIpc) is 3.01. The fourth-order valence-electron chi connectivity index (χ4n) is 2.13. The summed E-state index contributed by atoms with van der Waals surface area (Å²) in [5, 5.41) is 6.63. The minimum absolute atomic E-state index is 0.207. The maximum Gasteiger partial charge on any atom is 0.134 e. The molecule has 0 aliphatic rings. The van der Waals surface area contributed by atoms with Crippen molar-refractivity contribution >= 4 is 22.3 Å². The van der Waals surface area contributed by atoms with Gasteiger partial charge in [-0.2, -0.15) is 0 Å². The fraction of sp³-hybridized carbons (Fsp3) is 0.143. The highest BCUT2D eigenvalue weighted by Crippen LogP contribution is 2.32. The van der Waals surface area contributed by atoms with Crippen molar-refractivity contribution in [2.75, 3.05) is 7.05 Å². The molecule has 0 amide bonds. The van der Waals surface area contributed by atoms with Gasteiger partial charge in [-0.1, -0.05) is 24.3 Å². The fourth-order valence-corrected chi connectivity index (χ4v) is 2.98. The number of hydrogen-bond acceptors (Lipinski definition) is 3. The Morgan fingerprint density at radius 2 is 2.06 bits per heavy atom. The molecule has 2 heterocycles. The molecule has 86 valence electrons. The highest BCUT2D eigenvalue weighted by Gasteiger charge is 2.17. The first-order valence-corrected chi connectivity index (χ1v) is 6.45. The second-order valence-corrected chi connectivity index (χ2v) is 4.90. The maximum absolute atomic E-state index is 5.59. The SMILES string of the molecule is CNC(c1cccs1)c1coc2ccccc12. The zero-order valence-electron chi connectivity index (χ0n) is 9.51. The smallest absolute Gasteiger partial charge is 0.134 e. The topological polar surface area (TPSA) is 25.2 Å². The van der Waals surface area contributed by atoms with E-state index in [0.717, 1.165) is 5.58 Å². The lowest BCUT2D eigenvalue weighted by Gasteiger charge is -2.12. The molecule has 0 aliphatic carbocycles. The van der Waals surface area contributed by atoms with Gasteiger partial charge < -0.3 is 9.73 Å². The molecule has 1 aromatic carbocycles. The van der Waals surface area contributed by atoms with E-state index in [1.807, 2.05) is 31.5 Å². The van der Waals surface area contributed by atoms with Crippen LogP contribution in [-0.4, -0.2) is 7.05 Å². The molecule has 2 aromatic heterocycles. The zero-order valence-corrected chi connectivity index (χ0v) is 10.3. The number of benzene rings is 1. The highest BCUT2D eigenvalue weighted by atomic mass is 32.1. The van der Waals surface area contributed by atoms with E-state index >= 15 is 0 Å². The molecule has 0 fully saturated rings. The van der Waals surface area contributed by atoms with Crippen molar-refractivity contribution in [3.8, 4) is 0 Å². The largest absolute Gasteiger partial charge is 0.464 e. The second kappa shape index (κ2) is 4.35. The summed E-state index contributed by atoms with van der Waals surface area (Å²) < 4.78 is 5.59. The third-order valence-electron chi connectivity index (χ3n) is 2.94. The first kappa shape index (κ1) is 10.6. The summed E-state index contributed by atoms with van der Waals surface area (Å²) in [6, 6.07) is 12.6. The van der Waals surface area contributed by atoms with Crippen molar-refractivity contribution < 1.29 is 4.42 Å². The summed E-state index contributed by atoms with van der Waals surface area (Å²) in [6.45, 7) is 0. The molecule has 0 saturated carbocycles. The van der Waals surface area contributed by atoms with Crippen LogP contribution in [0.15, 0.2) is 52.5 Å². The van der Waals surface area contributed by atoms with Gasteiger partial charge in [-0.25, -0.2) is 0 Å². The van der Waals surface area contributed by atoms with Gasteiger partial charge in [-0.3, -0.25) is 0 Å². The predicted molar refractivity (Wildman–Crippen MR) is 71.4 cm³/mol. The van der Waals surface area contributed by atoms with E-state index in [-0.39, 0.29) is 6.04 Å². The number of para-hydroxylation sites is 1. The Labute approximate surface area is 104 Å². The molecular formula is C14H13NOS. The molecule has 17 heavy (non-hydrogen) atoms. The minimum atomic E-state index is 0.207. The second-order valence-electron chi connectivity index (χ2n) is 3.92. The molecule has 2 nitrogen and oxygen atoms in total. The van der Waals surface area contributed by atoms with E-state index in [1.165, 1.54) is 15.8 Å². The van der Waals surface area contributed by atoms with Gasteiger partial charge in [0.1, 0.15) is 5.58 Å². The number of hydrogen-bond donors (Lipinski definition) is 1. The Morgan fingerprint density at radius 3 is 2.82 bits per heavy atom. The number of fused-ring (bicyclic) bond motifs is 1. The van der Waals surface area contributed by atoms with Gasteiger partial charge >= 0.3 is 0 Å². The van der Waals surface area contributed by atoms with Crippen LogP contribution in [0.1, 0.15) is 16.5 Å². The van der Waals surface area contributed by atoms with Crippen LogP contribution >= 0.6 is 11.3 Å². The summed E-state index contributed by atoms with van der Waals surface area (Å²) >= 11 is 1.76. The van der Waals surface area contributed by atoms with E-state index in [4.69, 9.17) is 4.42 Å². The Hall–Kier alpha value is -1.58. The molecule has 1 unspecified atom stereocenters. The number of nitrogens with one attached hydrogen (secondary N) is 1. The first-order valence-electron chi connectivity index (χ1n) is 5.57. The van der Waals surface area contributed by atoms with Crippen molar-refractivity contribution in [3.05, 3.63) is 58.5 Å². The van der Waals surface area contributed by atoms with Crippen molar-refractivity contribution in [1.82, 2.24) is 5.32 Å². The molecule has 1 atom stereocenters. The van der Waals surface area contributed by atoms with Gasteiger partial charge in [0.25, 0.3) is 0 Å². The van der Waals surface area contributed by atoms with Crippen LogP contribution in [0.25, 0.3) is 11.0 Å². The van der Waals surface area contributed by atoms with Gasteiger partial charge in [-0.05, 0) is 24.6 Å². The molecule has 3 aromatic rings. The van der Waals surface area contributed by atoms with Crippen LogP contribution < -0.4 is 5.32 Å². The summed E-state index contributed by atoms with van der Waals surface area (Å²) in [5.74, 6) is 0. The molecule has 0 aliphatic heterocycles. The van der Waals surface area contributed by atoms with Crippen molar-refractivity contribution in [3.63, 3.8) is 0 Å². The lowest BCUT2D eigenvalue weighted by molar-refractivity contribution is 0.598. The monoisotopic (exact) mass is 243 g/mol. The van der Waals surface area contributed by atoms with E-state index in [2.05, 4.69) is 28.9 Å². The molecule has 1 N–H and O–H groups in total. The lowest BCUT2D eigenvalue weighted by atomic mass is 10.0. The van der Waals surface area contributed by atoms with Crippen molar-refractivity contribution in [1.29, 1.82) is 0 Å². The van der Waals surface area contributed by atoms with Crippen LogP contribution in [-0.2, 0) is 0 Å². The molecule has 0 radical (unpaired) electrons. The van der Waals surface area contributed by atoms with E-state index < -0.39 is 0 Å². The molecule has 0 bridgehead atoms. The maximum atomic E-state index is 5.59.